The normalized spacial score (nSPS) is 16.9. The quantitative estimate of drug-likeness (QED) is 0.908. The summed E-state index contributed by atoms with van der Waals surface area (Å²) in [4.78, 5) is 17.5. The van der Waals surface area contributed by atoms with Gasteiger partial charge in [0.15, 0.2) is 5.82 Å². The minimum Gasteiger partial charge on any atom is -0.339 e. The summed E-state index contributed by atoms with van der Waals surface area (Å²) in [5.74, 6) is -0.355. The van der Waals surface area contributed by atoms with E-state index in [1.807, 2.05) is 6.92 Å². The number of hydrogen-bond donors (Lipinski definition) is 1. The summed E-state index contributed by atoms with van der Waals surface area (Å²) in [6.07, 6.45) is 4.28. The highest BCUT2D eigenvalue weighted by Crippen LogP contribution is 2.21. The Morgan fingerprint density at radius 3 is 2.55 bits per heavy atom. The maximum atomic E-state index is 13.5. The van der Waals surface area contributed by atoms with E-state index in [4.69, 9.17) is 5.73 Å². The van der Waals surface area contributed by atoms with Crippen LogP contribution >= 0.6 is 24.8 Å². The predicted molar refractivity (Wildman–Crippen MR) is 81.0 cm³/mol. The zero-order valence-electron chi connectivity index (χ0n) is 11.3. The number of hydrogen-bond acceptors (Lipinski definition) is 3. The molecule has 1 saturated heterocycles. The van der Waals surface area contributed by atoms with E-state index < -0.39 is 5.82 Å². The van der Waals surface area contributed by atoms with Crippen molar-refractivity contribution in [3.05, 3.63) is 29.8 Å². The van der Waals surface area contributed by atoms with E-state index in [0.717, 1.165) is 19.0 Å². The Labute approximate surface area is 130 Å². The van der Waals surface area contributed by atoms with Gasteiger partial charge in [0.2, 0.25) is 0 Å². The number of aromatic nitrogens is 1. The van der Waals surface area contributed by atoms with Crippen LogP contribution in [0.3, 0.4) is 0 Å². The van der Waals surface area contributed by atoms with Gasteiger partial charge in [-0.05, 0) is 31.7 Å². The minimum atomic E-state index is -0.559. The van der Waals surface area contributed by atoms with E-state index >= 15 is 0 Å². The lowest BCUT2D eigenvalue weighted by molar-refractivity contribution is 0.0676. The molecule has 2 heterocycles. The van der Waals surface area contributed by atoms with Crippen LogP contribution in [0.1, 0.15) is 30.1 Å². The summed E-state index contributed by atoms with van der Waals surface area (Å²) >= 11 is 0. The molecule has 2 N–H and O–H groups in total. The molecule has 1 atom stereocenters. The second-order valence-electron chi connectivity index (χ2n) is 4.84. The van der Waals surface area contributed by atoms with Crippen molar-refractivity contribution >= 4 is 30.7 Å². The fourth-order valence-electron chi connectivity index (χ4n) is 2.35. The third-order valence-electron chi connectivity index (χ3n) is 3.57. The molecule has 1 aliphatic heterocycles. The number of nitrogens with zero attached hydrogens (tertiary/aromatic N) is 2. The van der Waals surface area contributed by atoms with Crippen molar-refractivity contribution in [1.82, 2.24) is 9.88 Å². The molecule has 0 saturated carbocycles. The Morgan fingerprint density at radius 2 is 2.05 bits per heavy atom. The van der Waals surface area contributed by atoms with Crippen LogP contribution in [0.2, 0.25) is 0 Å². The number of rotatable bonds is 2. The van der Waals surface area contributed by atoms with Crippen LogP contribution in [0, 0.1) is 11.7 Å². The molecule has 0 aromatic carbocycles. The van der Waals surface area contributed by atoms with Crippen LogP contribution in [0.5, 0.6) is 0 Å². The van der Waals surface area contributed by atoms with Gasteiger partial charge < -0.3 is 10.6 Å². The van der Waals surface area contributed by atoms with E-state index in [1.165, 1.54) is 12.3 Å². The van der Waals surface area contributed by atoms with Gasteiger partial charge in [0.1, 0.15) is 0 Å². The number of nitrogens with two attached hydrogens (primary N) is 1. The first-order valence-corrected chi connectivity index (χ1v) is 6.24. The Kier molecular flexibility index (Phi) is 8.01. The lowest BCUT2D eigenvalue weighted by Gasteiger charge is -2.33. The van der Waals surface area contributed by atoms with Gasteiger partial charge in [-0.2, -0.15) is 0 Å². The van der Waals surface area contributed by atoms with E-state index in [2.05, 4.69) is 4.98 Å². The molecule has 2 rings (SSSR count). The molecule has 114 valence electrons. The molecule has 20 heavy (non-hydrogen) atoms. The summed E-state index contributed by atoms with van der Waals surface area (Å²) in [6, 6.07) is 1.58. The predicted octanol–water partition coefficient (Wildman–Crippen LogP) is 2.26. The number of carbonyl (C=O) groups is 1. The molecule has 1 aromatic heterocycles. The van der Waals surface area contributed by atoms with Gasteiger partial charge in [0, 0.05) is 25.3 Å². The largest absolute Gasteiger partial charge is 0.339 e. The van der Waals surface area contributed by atoms with Crippen molar-refractivity contribution in [2.45, 2.75) is 25.8 Å². The average molecular weight is 324 g/mol. The summed E-state index contributed by atoms with van der Waals surface area (Å²) in [7, 11) is 0. The summed E-state index contributed by atoms with van der Waals surface area (Å²) in [5, 5.41) is 0. The molecule has 0 bridgehead atoms. The Morgan fingerprint density at radius 1 is 1.45 bits per heavy atom. The number of amides is 1. The van der Waals surface area contributed by atoms with Gasteiger partial charge in [-0.3, -0.25) is 9.78 Å². The summed E-state index contributed by atoms with van der Waals surface area (Å²) in [5.41, 5.74) is 5.95. The lowest BCUT2D eigenvalue weighted by atomic mass is 9.91. The molecular formula is C13H20Cl2FN3O. The first kappa shape index (κ1) is 19.1. The molecule has 1 unspecified atom stereocenters. The highest BCUT2D eigenvalue weighted by Gasteiger charge is 2.26. The van der Waals surface area contributed by atoms with Crippen LogP contribution in [0.15, 0.2) is 18.5 Å². The lowest BCUT2D eigenvalue weighted by Crippen LogP contribution is -2.42. The third-order valence-corrected chi connectivity index (χ3v) is 3.57. The number of piperidine rings is 1. The standard InChI is InChI=1S/C13H18FN3O.2ClH/c1-9(15)10-3-6-17(7-4-10)13(18)11-2-5-16-8-12(11)14;;/h2,5,8-10H,3-4,6-7,15H2,1H3;2*1H. The Hall–Kier alpha value is -0.910. The van der Waals surface area contributed by atoms with Gasteiger partial charge in [0.25, 0.3) is 5.91 Å². The molecule has 1 aliphatic rings. The van der Waals surface area contributed by atoms with E-state index in [-0.39, 0.29) is 42.3 Å². The van der Waals surface area contributed by atoms with Crippen LogP contribution in [-0.4, -0.2) is 34.9 Å². The summed E-state index contributed by atoms with van der Waals surface area (Å²) < 4.78 is 13.5. The second kappa shape index (κ2) is 8.39. The first-order valence-electron chi connectivity index (χ1n) is 6.24. The van der Waals surface area contributed by atoms with Crippen molar-refractivity contribution in [3.63, 3.8) is 0 Å². The fourth-order valence-corrected chi connectivity index (χ4v) is 2.35. The van der Waals surface area contributed by atoms with Gasteiger partial charge in [-0.1, -0.05) is 0 Å². The molecular weight excluding hydrogens is 304 g/mol. The van der Waals surface area contributed by atoms with E-state index in [9.17, 15) is 9.18 Å². The highest BCUT2D eigenvalue weighted by molar-refractivity contribution is 5.94. The minimum absolute atomic E-state index is 0. The van der Waals surface area contributed by atoms with E-state index in [1.54, 1.807) is 4.90 Å². The van der Waals surface area contributed by atoms with E-state index in [0.29, 0.717) is 19.0 Å². The maximum Gasteiger partial charge on any atom is 0.256 e. The number of likely N-dealkylation sites (tertiary alicyclic amines) is 1. The Bertz CT molecular complexity index is 437. The van der Waals surface area contributed by atoms with Gasteiger partial charge in [-0.15, -0.1) is 24.8 Å². The number of halogens is 3. The van der Waals surface area contributed by atoms with Crippen LogP contribution < -0.4 is 5.73 Å². The van der Waals surface area contributed by atoms with Crippen LogP contribution in [0.25, 0.3) is 0 Å². The molecule has 7 heteroatoms. The molecule has 1 amide bonds. The van der Waals surface area contributed by atoms with Crippen molar-refractivity contribution in [1.29, 1.82) is 0 Å². The topological polar surface area (TPSA) is 59.2 Å². The molecule has 0 spiro atoms. The zero-order valence-corrected chi connectivity index (χ0v) is 12.9. The smallest absolute Gasteiger partial charge is 0.256 e. The average Bonchev–Trinajstić information content (AvgIpc) is 2.38. The van der Waals surface area contributed by atoms with Crippen molar-refractivity contribution in [2.75, 3.05) is 13.1 Å². The van der Waals surface area contributed by atoms with Crippen molar-refractivity contribution < 1.29 is 9.18 Å². The first-order chi connectivity index (χ1) is 8.59. The third kappa shape index (κ3) is 4.30. The SMILES string of the molecule is CC(N)C1CCN(C(=O)c2ccncc2F)CC1.Cl.Cl. The zero-order chi connectivity index (χ0) is 13.1. The van der Waals surface area contributed by atoms with Crippen molar-refractivity contribution in [3.8, 4) is 0 Å². The molecule has 0 aliphatic carbocycles. The molecule has 1 aromatic rings. The molecule has 4 nitrogen and oxygen atoms in total. The van der Waals surface area contributed by atoms with Crippen LogP contribution in [-0.2, 0) is 0 Å². The highest BCUT2D eigenvalue weighted by atomic mass is 35.5. The van der Waals surface area contributed by atoms with Crippen LogP contribution in [0.4, 0.5) is 4.39 Å². The van der Waals surface area contributed by atoms with Crippen molar-refractivity contribution in [2.24, 2.45) is 11.7 Å². The molecule has 1 fully saturated rings. The van der Waals surface area contributed by atoms with Gasteiger partial charge in [0.05, 0.1) is 11.8 Å². The summed E-state index contributed by atoms with van der Waals surface area (Å²) in [6.45, 7) is 3.28. The Balaban J connectivity index is 0.00000180. The second-order valence-corrected chi connectivity index (χ2v) is 4.84. The monoisotopic (exact) mass is 323 g/mol. The number of pyridine rings is 1. The fraction of sp³-hybridized carbons (Fsp3) is 0.538. The van der Waals surface area contributed by atoms with Gasteiger partial charge in [-0.25, -0.2) is 4.39 Å². The molecule has 0 radical (unpaired) electrons. The maximum absolute atomic E-state index is 13.5. The number of carbonyl (C=O) groups excluding carboxylic acids is 1. The van der Waals surface area contributed by atoms with Gasteiger partial charge >= 0.3 is 0 Å².